The van der Waals surface area contributed by atoms with Gasteiger partial charge in [0, 0.05) is 49.9 Å². The van der Waals surface area contributed by atoms with Crippen molar-refractivity contribution in [1.82, 2.24) is 10.2 Å². The molecule has 1 heterocycles. The van der Waals surface area contributed by atoms with Crippen molar-refractivity contribution in [3.63, 3.8) is 0 Å². The van der Waals surface area contributed by atoms with Gasteiger partial charge < -0.3 is 20.3 Å². The maximum Gasteiger partial charge on any atom is 0.411 e. The zero-order valence-corrected chi connectivity index (χ0v) is 23.3. The fourth-order valence-electron chi connectivity index (χ4n) is 5.22. The largest absolute Gasteiger partial charge is 0.446 e. The molecule has 3 N–H and O–H groups in total. The van der Waals surface area contributed by atoms with E-state index in [1.165, 1.54) is 29.7 Å². The molecule has 3 aromatic carbocycles. The summed E-state index contributed by atoms with van der Waals surface area (Å²) in [5.74, 6) is 0.0882. The number of amides is 2. The lowest BCUT2D eigenvalue weighted by Gasteiger charge is -2.31. The predicted octanol–water partition coefficient (Wildman–Crippen LogP) is 6.00. The maximum atomic E-state index is 12.6. The Morgan fingerprint density at radius 3 is 2.42 bits per heavy atom. The monoisotopic (exact) mass is 540 g/mol. The minimum absolute atomic E-state index is 0.0882. The number of likely N-dealkylation sites (tertiary alicyclic amines) is 1. The highest BCUT2D eigenvalue weighted by atomic mass is 16.6. The molecular weight excluding hydrogens is 500 g/mol. The van der Waals surface area contributed by atoms with Crippen LogP contribution in [0.25, 0.3) is 11.1 Å². The van der Waals surface area contributed by atoms with Gasteiger partial charge in [-0.25, -0.2) is 4.79 Å². The summed E-state index contributed by atoms with van der Waals surface area (Å²) in [5, 5.41) is 9.52. The first-order valence-electron chi connectivity index (χ1n) is 14.5. The Balaban J connectivity index is 0.976. The van der Waals surface area contributed by atoms with Crippen molar-refractivity contribution in [2.75, 3.05) is 36.8 Å². The quantitative estimate of drug-likeness (QED) is 0.278. The first-order valence-corrected chi connectivity index (χ1v) is 14.5. The number of anilines is 2. The topological polar surface area (TPSA) is 82.7 Å². The summed E-state index contributed by atoms with van der Waals surface area (Å²) in [6, 6.07) is 24.8. The molecule has 40 heavy (non-hydrogen) atoms. The molecule has 7 nitrogen and oxygen atoms in total. The number of para-hydroxylation sites is 1. The highest BCUT2D eigenvalue weighted by Gasteiger charge is 2.23. The minimum Gasteiger partial charge on any atom is -0.446 e. The highest BCUT2D eigenvalue weighted by molar-refractivity contribution is 5.91. The maximum absolute atomic E-state index is 12.6. The average Bonchev–Trinajstić information content (AvgIpc) is 3.78. The second-order valence-corrected chi connectivity index (χ2v) is 10.9. The van der Waals surface area contributed by atoms with Gasteiger partial charge in [-0.15, -0.1) is 0 Å². The van der Waals surface area contributed by atoms with Crippen LogP contribution in [0.4, 0.5) is 16.2 Å². The lowest BCUT2D eigenvalue weighted by Crippen LogP contribution is -2.42. The lowest BCUT2D eigenvalue weighted by atomic mass is 10.0. The molecule has 0 spiro atoms. The molecule has 0 radical (unpaired) electrons. The molecule has 1 aliphatic heterocycles. The third kappa shape index (κ3) is 8.09. The average molecular weight is 541 g/mol. The molecule has 1 saturated heterocycles. The molecule has 210 valence electrons. The van der Waals surface area contributed by atoms with Crippen LogP contribution in [0, 0.1) is 6.92 Å². The number of hydrogen-bond donors (Lipinski definition) is 3. The number of hydrogen-bond acceptors (Lipinski definition) is 5. The summed E-state index contributed by atoms with van der Waals surface area (Å²) in [4.78, 5) is 27.4. The molecular formula is C33H40N4O3. The van der Waals surface area contributed by atoms with Gasteiger partial charge in [0.05, 0.1) is 5.69 Å². The standard InChI is InChI=1S/C33H40N4O3/c1-24-23-28(35-27-14-15-27)13-11-25(24)12-16-32(38)34-19-22-37-20-17-29(18-21-37)40-33(39)36-31-10-6-5-9-30(31)26-7-3-2-4-8-26/h2-11,13,23,27,29,35H,12,14-22H2,1H3,(H,34,38)(H,36,39). The summed E-state index contributed by atoms with van der Waals surface area (Å²) < 4.78 is 5.74. The van der Waals surface area contributed by atoms with Crippen molar-refractivity contribution >= 4 is 23.4 Å². The van der Waals surface area contributed by atoms with Crippen molar-refractivity contribution in [2.24, 2.45) is 0 Å². The van der Waals surface area contributed by atoms with Crippen LogP contribution in [0.2, 0.25) is 0 Å². The smallest absolute Gasteiger partial charge is 0.411 e. The number of carbonyl (C=O) groups excluding carboxylic acids is 2. The Labute approximate surface area is 237 Å². The van der Waals surface area contributed by atoms with Crippen LogP contribution in [-0.2, 0) is 16.0 Å². The van der Waals surface area contributed by atoms with Crippen LogP contribution in [0.5, 0.6) is 0 Å². The molecule has 1 aliphatic carbocycles. The van der Waals surface area contributed by atoms with Crippen molar-refractivity contribution in [3.05, 3.63) is 83.9 Å². The number of ether oxygens (including phenoxy) is 1. The van der Waals surface area contributed by atoms with E-state index >= 15 is 0 Å². The van der Waals surface area contributed by atoms with Crippen LogP contribution in [0.15, 0.2) is 72.8 Å². The van der Waals surface area contributed by atoms with Crippen molar-refractivity contribution in [3.8, 4) is 11.1 Å². The Bertz CT molecular complexity index is 1280. The second-order valence-electron chi connectivity index (χ2n) is 10.9. The van der Waals surface area contributed by atoms with E-state index in [4.69, 9.17) is 4.74 Å². The zero-order chi connectivity index (χ0) is 27.7. The van der Waals surface area contributed by atoms with E-state index in [-0.39, 0.29) is 12.0 Å². The number of aryl methyl sites for hydroxylation is 2. The fraction of sp³-hybridized carbons (Fsp3) is 0.394. The van der Waals surface area contributed by atoms with E-state index in [2.05, 4.69) is 46.0 Å². The number of nitrogens with one attached hydrogen (secondary N) is 3. The summed E-state index contributed by atoms with van der Waals surface area (Å²) in [6.45, 7) is 5.23. The summed E-state index contributed by atoms with van der Waals surface area (Å²) in [6.07, 6.45) is 4.81. The first-order chi connectivity index (χ1) is 19.5. The second kappa shape index (κ2) is 13.5. The van der Waals surface area contributed by atoms with E-state index in [1.807, 2.05) is 54.6 Å². The van der Waals surface area contributed by atoms with Crippen LogP contribution in [-0.4, -0.2) is 55.2 Å². The summed E-state index contributed by atoms with van der Waals surface area (Å²) in [7, 11) is 0. The predicted molar refractivity (Wildman–Crippen MR) is 161 cm³/mol. The zero-order valence-electron chi connectivity index (χ0n) is 23.3. The summed E-state index contributed by atoms with van der Waals surface area (Å²) >= 11 is 0. The molecule has 7 heteroatoms. The van der Waals surface area contributed by atoms with Crippen LogP contribution in [0.1, 0.15) is 43.2 Å². The lowest BCUT2D eigenvalue weighted by molar-refractivity contribution is -0.121. The molecule has 0 bridgehead atoms. The van der Waals surface area contributed by atoms with Crippen molar-refractivity contribution < 1.29 is 14.3 Å². The molecule has 2 aliphatic rings. The molecule has 3 aromatic rings. The number of rotatable bonds is 11. The van der Waals surface area contributed by atoms with Crippen LogP contribution >= 0.6 is 0 Å². The van der Waals surface area contributed by atoms with Crippen molar-refractivity contribution in [1.29, 1.82) is 0 Å². The third-order valence-corrected chi connectivity index (χ3v) is 7.72. The van der Waals surface area contributed by atoms with Gasteiger partial charge in [-0.2, -0.15) is 0 Å². The van der Waals surface area contributed by atoms with Gasteiger partial charge in [0.1, 0.15) is 6.10 Å². The molecule has 2 fully saturated rings. The van der Waals surface area contributed by atoms with Gasteiger partial charge in [-0.1, -0.05) is 54.6 Å². The normalized spacial score (nSPS) is 15.8. The minimum atomic E-state index is -0.418. The Morgan fingerprint density at radius 1 is 0.925 bits per heavy atom. The van der Waals surface area contributed by atoms with E-state index in [0.717, 1.165) is 55.7 Å². The molecule has 0 atom stereocenters. The molecule has 0 aromatic heterocycles. The Morgan fingerprint density at radius 2 is 1.68 bits per heavy atom. The Kier molecular flexibility index (Phi) is 9.34. The van der Waals surface area contributed by atoms with E-state index in [1.54, 1.807) is 0 Å². The molecule has 0 unspecified atom stereocenters. The fourth-order valence-corrected chi connectivity index (χ4v) is 5.22. The number of carbonyl (C=O) groups is 2. The third-order valence-electron chi connectivity index (χ3n) is 7.72. The highest BCUT2D eigenvalue weighted by Crippen LogP contribution is 2.28. The first kappa shape index (κ1) is 27.7. The molecule has 1 saturated carbocycles. The number of piperidine rings is 1. The molecule has 5 rings (SSSR count). The van der Waals surface area contributed by atoms with Gasteiger partial charge in [0.25, 0.3) is 0 Å². The number of nitrogens with zero attached hydrogens (tertiary/aromatic N) is 1. The van der Waals surface area contributed by atoms with E-state index < -0.39 is 6.09 Å². The van der Waals surface area contributed by atoms with Gasteiger partial charge in [0.2, 0.25) is 5.91 Å². The van der Waals surface area contributed by atoms with Crippen molar-refractivity contribution in [2.45, 2.75) is 57.6 Å². The van der Waals surface area contributed by atoms with Crippen LogP contribution < -0.4 is 16.0 Å². The van der Waals surface area contributed by atoms with Gasteiger partial charge in [-0.3, -0.25) is 10.1 Å². The van der Waals surface area contributed by atoms with E-state index in [0.29, 0.717) is 19.0 Å². The van der Waals surface area contributed by atoms with Crippen LogP contribution in [0.3, 0.4) is 0 Å². The molecule has 2 amide bonds. The van der Waals surface area contributed by atoms with Gasteiger partial charge in [-0.05, 0) is 73.9 Å². The van der Waals surface area contributed by atoms with Gasteiger partial charge in [0.15, 0.2) is 0 Å². The Hall–Kier alpha value is -3.84. The summed E-state index contributed by atoms with van der Waals surface area (Å²) in [5.41, 5.74) is 6.39. The van der Waals surface area contributed by atoms with Gasteiger partial charge >= 0.3 is 6.09 Å². The van der Waals surface area contributed by atoms with E-state index in [9.17, 15) is 9.59 Å². The number of benzene rings is 3. The SMILES string of the molecule is Cc1cc(NC2CC2)ccc1CCC(=O)NCCN1CCC(OC(=O)Nc2ccccc2-c2ccccc2)CC1.